The maximum absolute atomic E-state index is 14.6. The lowest BCUT2D eigenvalue weighted by Gasteiger charge is -2.34. The second kappa shape index (κ2) is 15.4. The fourth-order valence-corrected chi connectivity index (χ4v) is 6.74. The summed E-state index contributed by atoms with van der Waals surface area (Å²) >= 11 is 12.9. The lowest BCUT2D eigenvalue weighted by molar-refractivity contribution is -0.140. The highest BCUT2D eigenvalue weighted by Gasteiger charge is 2.35. The molecule has 0 heterocycles. The summed E-state index contributed by atoms with van der Waals surface area (Å²) in [5, 5.41) is 3.77. The van der Waals surface area contributed by atoms with Crippen LogP contribution in [0.4, 0.5) is 5.69 Å². The van der Waals surface area contributed by atoms with Gasteiger partial charge < -0.3 is 10.2 Å². The SMILES string of the molecule is CCC(C)NC(=O)C(Cc1ccccc1)N(Cc1ccccc1Cl)C(=O)CN(c1cc(Cl)ccc1C)S(=O)(=O)c1ccccc1. The normalized spacial score (nSPS) is 12.6. The van der Waals surface area contributed by atoms with Gasteiger partial charge in [0.2, 0.25) is 11.8 Å². The number of anilines is 1. The summed E-state index contributed by atoms with van der Waals surface area (Å²) in [4.78, 5) is 29.9. The molecule has 45 heavy (non-hydrogen) atoms. The fourth-order valence-electron chi connectivity index (χ4n) is 4.89. The van der Waals surface area contributed by atoms with Crippen LogP contribution in [0.1, 0.15) is 37.0 Å². The van der Waals surface area contributed by atoms with Crippen LogP contribution in [0, 0.1) is 6.92 Å². The van der Waals surface area contributed by atoms with Crippen LogP contribution < -0.4 is 9.62 Å². The highest BCUT2D eigenvalue weighted by Crippen LogP contribution is 2.30. The van der Waals surface area contributed by atoms with Gasteiger partial charge in [-0.15, -0.1) is 0 Å². The van der Waals surface area contributed by atoms with Crippen molar-refractivity contribution in [3.8, 4) is 0 Å². The Balaban J connectivity index is 1.84. The van der Waals surface area contributed by atoms with Crippen LogP contribution in [0.25, 0.3) is 0 Å². The molecule has 4 rings (SSSR count). The van der Waals surface area contributed by atoms with E-state index < -0.39 is 28.5 Å². The third kappa shape index (κ3) is 8.66. The van der Waals surface area contributed by atoms with Gasteiger partial charge in [0.05, 0.1) is 10.6 Å². The van der Waals surface area contributed by atoms with Crippen molar-refractivity contribution in [2.45, 2.75) is 57.1 Å². The average Bonchev–Trinajstić information content (AvgIpc) is 3.04. The van der Waals surface area contributed by atoms with Gasteiger partial charge in [-0.05, 0) is 67.3 Å². The first-order valence-corrected chi connectivity index (χ1v) is 16.9. The molecule has 0 aromatic heterocycles. The van der Waals surface area contributed by atoms with Crippen molar-refractivity contribution in [1.29, 1.82) is 0 Å². The maximum Gasteiger partial charge on any atom is 0.264 e. The summed E-state index contributed by atoms with van der Waals surface area (Å²) < 4.78 is 29.4. The molecule has 7 nitrogen and oxygen atoms in total. The molecular formula is C35H37Cl2N3O4S. The van der Waals surface area contributed by atoms with E-state index in [1.165, 1.54) is 23.1 Å². The Hall–Kier alpha value is -3.85. The second-order valence-electron chi connectivity index (χ2n) is 10.9. The van der Waals surface area contributed by atoms with E-state index in [1.54, 1.807) is 61.5 Å². The Labute approximate surface area is 275 Å². The van der Waals surface area contributed by atoms with Crippen LogP contribution >= 0.6 is 23.2 Å². The maximum atomic E-state index is 14.6. The van der Waals surface area contributed by atoms with Crippen LogP contribution in [0.2, 0.25) is 10.0 Å². The Bertz CT molecular complexity index is 1720. The summed E-state index contributed by atoms with van der Waals surface area (Å²) in [7, 11) is -4.23. The van der Waals surface area contributed by atoms with Crippen molar-refractivity contribution in [2.24, 2.45) is 0 Å². The number of nitrogens with one attached hydrogen (secondary N) is 1. The number of hydrogen-bond donors (Lipinski definition) is 1. The monoisotopic (exact) mass is 665 g/mol. The van der Waals surface area contributed by atoms with E-state index in [0.29, 0.717) is 27.6 Å². The lowest BCUT2D eigenvalue weighted by atomic mass is 10.0. The minimum Gasteiger partial charge on any atom is -0.352 e. The Kier molecular flexibility index (Phi) is 11.7. The Morgan fingerprint density at radius 1 is 0.867 bits per heavy atom. The van der Waals surface area contributed by atoms with Crippen LogP contribution in [-0.2, 0) is 32.6 Å². The lowest BCUT2D eigenvalue weighted by Crippen LogP contribution is -2.54. The van der Waals surface area contributed by atoms with Gasteiger partial charge in [0, 0.05) is 29.1 Å². The van der Waals surface area contributed by atoms with E-state index in [1.807, 2.05) is 44.2 Å². The molecule has 0 radical (unpaired) electrons. The van der Waals surface area contributed by atoms with Crippen molar-refractivity contribution in [3.63, 3.8) is 0 Å². The number of carbonyl (C=O) groups excluding carboxylic acids is 2. The van der Waals surface area contributed by atoms with Crippen LogP contribution in [0.15, 0.2) is 108 Å². The second-order valence-corrected chi connectivity index (χ2v) is 13.6. The number of nitrogens with zero attached hydrogens (tertiary/aromatic N) is 2. The van der Waals surface area contributed by atoms with Gasteiger partial charge in [0.1, 0.15) is 12.6 Å². The number of aryl methyl sites for hydroxylation is 1. The van der Waals surface area contributed by atoms with Crippen LogP contribution in [0.3, 0.4) is 0 Å². The number of hydrogen-bond acceptors (Lipinski definition) is 4. The average molecular weight is 667 g/mol. The van der Waals surface area contributed by atoms with Gasteiger partial charge in [-0.25, -0.2) is 8.42 Å². The summed E-state index contributed by atoms with van der Waals surface area (Å²) in [6.45, 7) is 5.02. The van der Waals surface area contributed by atoms with E-state index in [-0.39, 0.29) is 35.5 Å². The predicted octanol–water partition coefficient (Wildman–Crippen LogP) is 7.05. The molecule has 4 aromatic rings. The minimum absolute atomic E-state index is 0.0162. The minimum atomic E-state index is -4.23. The quantitative estimate of drug-likeness (QED) is 0.166. The topological polar surface area (TPSA) is 86.8 Å². The van der Waals surface area contributed by atoms with Crippen molar-refractivity contribution in [3.05, 3.63) is 130 Å². The number of halogens is 2. The molecule has 4 aromatic carbocycles. The Morgan fingerprint density at radius 3 is 2.13 bits per heavy atom. The number of sulfonamides is 1. The van der Waals surface area contributed by atoms with Gasteiger partial charge in [0.15, 0.2) is 0 Å². The first-order chi connectivity index (χ1) is 21.5. The zero-order valence-electron chi connectivity index (χ0n) is 25.5. The summed E-state index contributed by atoms with van der Waals surface area (Å²) in [5.74, 6) is -0.918. The first kappa shape index (κ1) is 34.0. The molecule has 2 unspecified atom stereocenters. The molecule has 0 saturated carbocycles. The molecule has 0 fully saturated rings. The van der Waals surface area contributed by atoms with E-state index in [2.05, 4.69) is 5.32 Å². The zero-order chi connectivity index (χ0) is 32.6. The van der Waals surface area contributed by atoms with Gasteiger partial charge in [-0.3, -0.25) is 13.9 Å². The molecule has 2 amide bonds. The molecule has 0 aliphatic heterocycles. The van der Waals surface area contributed by atoms with E-state index in [9.17, 15) is 18.0 Å². The standard InChI is InChI=1S/C35H37Cl2N3O4S/c1-4-26(3)38-35(42)33(21-27-13-7-5-8-14-27)39(23-28-15-11-12-18-31(28)37)34(41)24-40(32-22-29(36)20-19-25(32)2)45(43,44)30-16-9-6-10-17-30/h5-20,22,26,33H,4,21,23-24H2,1-3H3,(H,38,42). The third-order valence-corrected chi connectivity index (χ3v) is 10.00. The highest BCUT2D eigenvalue weighted by molar-refractivity contribution is 7.92. The van der Waals surface area contributed by atoms with E-state index in [0.717, 1.165) is 9.87 Å². The number of amides is 2. The molecule has 0 aliphatic carbocycles. The highest BCUT2D eigenvalue weighted by atomic mass is 35.5. The van der Waals surface area contributed by atoms with Crippen molar-refractivity contribution < 1.29 is 18.0 Å². The summed E-state index contributed by atoms with van der Waals surface area (Å²) in [6, 6.07) is 28.2. The predicted molar refractivity (Wildman–Crippen MR) is 181 cm³/mol. The number of carbonyl (C=O) groups is 2. The fraction of sp³-hybridized carbons (Fsp3) is 0.257. The van der Waals surface area contributed by atoms with Crippen LogP contribution in [0.5, 0.6) is 0 Å². The first-order valence-electron chi connectivity index (χ1n) is 14.7. The number of rotatable bonds is 13. The van der Waals surface area contributed by atoms with E-state index >= 15 is 0 Å². The van der Waals surface area contributed by atoms with Crippen molar-refractivity contribution >= 4 is 50.7 Å². The summed E-state index contributed by atoms with van der Waals surface area (Å²) in [6.07, 6.45) is 0.903. The van der Waals surface area contributed by atoms with Gasteiger partial charge in [0.25, 0.3) is 10.0 Å². The molecule has 0 bridgehead atoms. The van der Waals surface area contributed by atoms with Crippen molar-refractivity contribution in [2.75, 3.05) is 10.8 Å². The smallest absolute Gasteiger partial charge is 0.264 e. The molecule has 1 N–H and O–H groups in total. The molecule has 0 spiro atoms. The molecule has 10 heteroatoms. The van der Waals surface area contributed by atoms with Gasteiger partial charge in [-0.1, -0.05) is 103 Å². The number of benzene rings is 4. The van der Waals surface area contributed by atoms with Crippen LogP contribution in [-0.4, -0.2) is 43.8 Å². The van der Waals surface area contributed by atoms with E-state index in [4.69, 9.17) is 23.2 Å². The molecule has 2 atom stereocenters. The van der Waals surface area contributed by atoms with Crippen molar-refractivity contribution in [1.82, 2.24) is 10.2 Å². The van der Waals surface area contributed by atoms with Gasteiger partial charge in [-0.2, -0.15) is 0 Å². The molecule has 236 valence electrons. The Morgan fingerprint density at radius 2 is 1.49 bits per heavy atom. The summed E-state index contributed by atoms with van der Waals surface area (Å²) in [5.41, 5.74) is 2.34. The van der Waals surface area contributed by atoms with Gasteiger partial charge >= 0.3 is 0 Å². The molecular weight excluding hydrogens is 629 g/mol. The zero-order valence-corrected chi connectivity index (χ0v) is 27.8. The largest absolute Gasteiger partial charge is 0.352 e. The molecule has 0 saturated heterocycles. The third-order valence-electron chi connectivity index (χ3n) is 7.62. The molecule has 0 aliphatic rings.